The highest BCUT2D eigenvalue weighted by molar-refractivity contribution is 7.09. The van der Waals surface area contributed by atoms with Gasteiger partial charge in [0.15, 0.2) is 5.69 Å². The fourth-order valence-electron chi connectivity index (χ4n) is 2.58. The lowest BCUT2D eigenvalue weighted by Gasteiger charge is -2.17. The third-order valence-corrected chi connectivity index (χ3v) is 4.99. The SMILES string of the molecule is O=C(O)c1csc(CNC(=O)[C@@H]2CC(=O)N(c3ccccc3Cl)C2)n1. The van der Waals surface area contributed by atoms with E-state index in [0.29, 0.717) is 15.7 Å². The molecule has 9 heteroatoms. The first-order valence-corrected chi connectivity index (χ1v) is 8.71. The number of halogens is 1. The van der Waals surface area contributed by atoms with Gasteiger partial charge in [-0.3, -0.25) is 9.59 Å². The van der Waals surface area contributed by atoms with Gasteiger partial charge in [0.25, 0.3) is 0 Å². The third-order valence-electron chi connectivity index (χ3n) is 3.82. The summed E-state index contributed by atoms with van der Waals surface area (Å²) in [4.78, 5) is 40.7. The predicted octanol–water partition coefficient (Wildman–Crippen LogP) is 2.16. The molecule has 2 aromatic rings. The van der Waals surface area contributed by atoms with Gasteiger partial charge >= 0.3 is 5.97 Å². The van der Waals surface area contributed by atoms with E-state index in [1.54, 1.807) is 24.3 Å². The van der Waals surface area contributed by atoms with E-state index < -0.39 is 11.9 Å². The highest BCUT2D eigenvalue weighted by Crippen LogP contribution is 2.31. The molecule has 1 aromatic heterocycles. The topological polar surface area (TPSA) is 99.6 Å². The second kappa shape index (κ2) is 7.20. The summed E-state index contributed by atoms with van der Waals surface area (Å²) in [6.45, 7) is 0.389. The molecule has 0 aliphatic carbocycles. The number of carbonyl (C=O) groups excluding carboxylic acids is 2. The number of nitrogens with zero attached hydrogens (tertiary/aromatic N) is 2. The van der Waals surface area contributed by atoms with Crippen LogP contribution >= 0.6 is 22.9 Å². The smallest absolute Gasteiger partial charge is 0.355 e. The summed E-state index contributed by atoms with van der Waals surface area (Å²) >= 11 is 7.28. The van der Waals surface area contributed by atoms with Crippen LogP contribution < -0.4 is 10.2 Å². The highest BCUT2D eigenvalue weighted by Gasteiger charge is 2.35. The molecular weight excluding hydrogens is 366 g/mol. The number of aromatic nitrogens is 1. The summed E-state index contributed by atoms with van der Waals surface area (Å²) in [5, 5.41) is 13.9. The van der Waals surface area contributed by atoms with E-state index in [1.165, 1.54) is 10.3 Å². The first kappa shape index (κ1) is 17.4. The number of nitrogens with one attached hydrogen (secondary N) is 1. The number of benzene rings is 1. The Bertz CT molecular complexity index is 838. The van der Waals surface area contributed by atoms with Crippen LogP contribution in [-0.4, -0.2) is 34.4 Å². The van der Waals surface area contributed by atoms with Gasteiger partial charge in [-0.15, -0.1) is 11.3 Å². The van der Waals surface area contributed by atoms with Gasteiger partial charge in [-0.2, -0.15) is 0 Å². The molecule has 0 bridgehead atoms. The zero-order chi connectivity index (χ0) is 18.0. The van der Waals surface area contributed by atoms with Crippen molar-refractivity contribution in [1.29, 1.82) is 0 Å². The molecule has 0 saturated carbocycles. The molecule has 1 saturated heterocycles. The Balaban J connectivity index is 1.61. The average molecular weight is 380 g/mol. The Hall–Kier alpha value is -2.45. The maximum Gasteiger partial charge on any atom is 0.355 e. The Morgan fingerprint density at radius 1 is 1.40 bits per heavy atom. The van der Waals surface area contributed by atoms with E-state index in [-0.39, 0.29) is 37.0 Å². The lowest BCUT2D eigenvalue weighted by atomic mass is 10.1. The van der Waals surface area contributed by atoms with Crippen LogP contribution in [0.4, 0.5) is 5.69 Å². The lowest BCUT2D eigenvalue weighted by Crippen LogP contribution is -2.32. The molecule has 1 aliphatic heterocycles. The van der Waals surface area contributed by atoms with Crippen molar-refractivity contribution in [3.63, 3.8) is 0 Å². The Morgan fingerprint density at radius 3 is 2.84 bits per heavy atom. The molecular formula is C16H14ClN3O4S. The number of rotatable bonds is 5. The highest BCUT2D eigenvalue weighted by atomic mass is 35.5. The summed E-state index contributed by atoms with van der Waals surface area (Å²) in [5.74, 6) is -2.01. The first-order chi connectivity index (χ1) is 12.0. The molecule has 1 fully saturated rings. The minimum absolute atomic E-state index is 0.0461. The quantitative estimate of drug-likeness (QED) is 0.829. The largest absolute Gasteiger partial charge is 0.476 e. The summed E-state index contributed by atoms with van der Waals surface area (Å²) in [7, 11) is 0. The van der Waals surface area contributed by atoms with E-state index in [1.807, 2.05) is 0 Å². The molecule has 25 heavy (non-hydrogen) atoms. The van der Waals surface area contributed by atoms with E-state index in [2.05, 4.69) is 10.3 Å². The molecule has 2 heterocycles. The van der Waals surface area contributed by atoms with E-state index in [0.717, 1.165) is 11.3 Å². The summed E-state index contributed by atoms with van der Waals surface area (Å²) in [5.41, 5.74) is 0.547. The van der Waals surface area contributed by atoms with Crippen LogP contribution in [0.15, 0.2) is 29.6 Å². The summed E-state index contributed by atoms with van der Waals surface area (Å²) < 4.78 is 0. The lowest BCUT2D eigenvalue weighted by molar-refractivity contribution is -0.126. The maximum absolute atomic E-state index is 12.3. The van der Waals surface area contributed by atoms with E-state index >= 15 is 0 Å². The minimum Gasteiger partial charge on any atom is -0.476 e. The van der Waals surface area contributed by atoms with Crippen molar-refractivity contribution in [2.24, 2.45) is 5.92 Å². The van der Waals surface area contributed by atoms with Crippen molar-refractivity contribution in [2.45, 2.75) is 13.0 Å². The van der Waals surface area contributed by atoms with Crippen LogP contribution in [0.25, 0.3) is 0 Å². The van der Waals surface area contributed by atoms with Crippen LogP contribution in [0.3, 0.4) is 0 Å². The number of anilines is 1. The number of hydrogen-bond acceptors (Lipinski definition) is 5. The molecule has 3 rings (SSSR count). The molecule has 0 radical (unpaired) electrons. The van der Waals surface area contributed by atoms with Gasteiger partial charge in [-0.1, -0.05) is 23.7 Å². The van der Waals surface area contributed by atoms with E-state index in [4.69, 9.17) is 16.7 Å². The second-order valence-electron chi connectivity index (χ2n) is 5.51. The van der Waals surface area contributed by atoms with Gasteiger partial charge in [0, 0.05) is 18.3 Å². The number of para-hydroxylation sites is 1. The van der Waals surface area contributed by atoms with Crippen LogP contribution in [0, 0.1) is 5.92 Å². The average Bonchev–Trinajstić information content (AvgIpc) is 3.20. The van der Waals surface area contributed by atoms with Crippen molar-refractivity contribution < 1.29 is 19.5 Å². The normalized spacial score (nSPS) is 16.9. The standard InChI is InChI=1S/C16H14ClN3O4S/c17-10-3-1-2-4-12(10)20-7-9(5-14(20)21)15(22)18-6-13-19-11(8-25-13)16(23)24/h1-4,8-9H,5-7H2,(H,18,22)(H,23,24)/t9-/m1/s1. The van der Waals surface area contributed by atoms with Crippen molar-refractivity contribution in [1.82, 2.24) is 10.3 Å². The third kappa shape index (κ3) is 3.80. The van der Waals surface area contributed by atoms with Gasteiger partial charge in [-0.25, -0.2) is 9.78 Å². The molecule has 0 spiro atoms. The van der Waals surface area contributed by atoms with Gasteiger partial charge in [0.05, 0.1) is 23.2 Å². The van der Waals surface area contributed by atoms with Crippen LogP contribution in [0.5, 0.6) is 0 Å². The first-order valence-electron chi connectivity index (χ1n) is 7.46. The number of amides is 2. The van der Waals surface area contributed by atoms with Crippen molar-refractivity contribution >= 4 is 46.4 Å². The molecule has 0 unspecified atom stereocenters. The number of hydrogen-bond donors (Lipinski definition) is 2. The van der Waals surface area contributed by atoms with E-state index in [9.17, 15) is 14.4 Å². The van der Waals surface area contributed by atoms with Gasteiger partial charge in [0.1, 0.15) is 5.01 Å². The molecule has 7 nitrogen and oxygen atoms in total. The second-order valence-corrected chi connectivity index (χ2v) is 6.86. The fraction of sp³-hybridized carbons (Fsp3) is 0.250. The predicted molar refractivity (Wildman–Crippen MR) is 92.8 cm³/mol. The minimum atomic E-state index is -1.11. The Morgan fingerprint density at radius 2 is 2.16 bits per heavy atom. The number of aromatic carboxylic acids is 1. The summed E-state index contributed by atoms with van der Waals surface area (Å²) in [6, 6.07) is 6.99. The molecule has 1 atom stereocenters. The number of carbonyl (C=O) groups is 3. The zero-order valence-electron chi connectivity index (χ0n) is 12.9. The van der Waals surface area contributed by atoms with Gasteiger partial charge in [-0.05, 0) is 12.1 Å². The number of carboxylic acid groups (broad SMARTS) is 1. The summed E-state index contributed by atoms with van der Waals surface area (Å²) in [6.07, 6.45) is 0.106. The van der Waals surface area contributed by atoms with Crippen LogP contribution in [0.2, 0.25) is 5.02 Å². The molecule has 2 N–H and O–H groups in total. The van der Waals surface area contributed by atoms with Gasteiger partial charge in [0.2, 0.25) is 11.8 Å². The molecule has 1 aliphatic rings. The zero-order valence-corrected chi connectivity index (χ0v) is 14.5. The molecule has 2 amide bonds. The Kier molecular flexibility index (Phi) is 5.00. The number of carboxylic acids is 1. The van der Waals surface area contributed by atoms with Crippen molar-refractivity contribution in [3.05, 3.63) is 45.4 Å². The van der Waals surface area contributed by atoms with Gasteiger partial charge < -0.3 is 15.3 Å². The van der Waals surface area contributed by atoms with Crippen LogP contribution in [0.1, 0.15) is 21.9 Å². The van der Waals surface area contributed by atoms with Crippen LogP contribution in [-0.2, 0) is 16.1 Å². The molecule has 130 valence electrons. The maximum atomic E-state index is 12.3. The van der Waals surface area contributed by atoms with Crippen molar-refractivity contribution in [2.75, 3.05) is 11.4 Å². The Labute approximate surface area is 152 Å². The number of thiazole rings is 1. The fourth-order valence-corrected chi connectivity index (χ4v) is 3.53. The van der Waals surface area contributed by atoms with Crippen molar-refractivity contribution in [3.8, 4) is 0 Å². The molecule has 1 aromatic carbocycles. The monoisotopic (exact) mass is 379 g/mol.